The molecule has 0 saturated heterocycles. The van der Waals surface area contributed by atoms with Crippen molar-refractivity contribution < 1.29 is 26.6 Å². The first-order valence-electron chi connectivity index (χ1n) is 8.70. The largest absolute Gasteiger partial charge is 1.00 e. The lowest BCUT2D eigenvalue weighted by molar-refractivity contribution is -0.684. The number of hydrogen-bond acceptors (Lipinski definition) is 2. The molecule has 1 aromatic heterocycles. The van der Waals surface area contributed by atoms with Gasteiger partial charge in [-0.25, -0.2) is 0 Å². The van der Waals surface area contributed by atoms with Crippen LogP contribution in [0.2, 0.25) is 0 Å². The van der Waals surface area contributed by atoms with E-state index in [2.05, 4.69) is 5.32 Å². The van der Waals surface area contributed by atoms with Crippen molar-refractivity contribution in [3.63, 3.8) is 0 Å². The van der Waals surface area contributed by atoms with Gasteiger partial charge >= 0.3 is 0 Å². The maximum Gasteiger partial charge on any atom is 0.252 e. The number of aryl methyl sites for hydroxylation is 1. The van der Waals surface area contributed by atoms with Gasteiger partial charge in [0.05, 0.1) is 11.5 Å². The lowest BCUT2D eigenvalue weighted by atomic mass is 9.79. The molecule has 1 N–H and O–H groups in total. The zero-order chi connectivity index (χ0) is 18.6. The Bertz CT molecular complexity index is 877. The molecule has 140 valence electrons. The third-order valence-corrected chi connectivity index (χ3v) is 4.74. The van der Waals surface area contributed by atoms with E-state index in [1.54, 1.807) is 6.07 Å². The fraction of sp³-hybridized carbons (Fsp3) is 0.227. The van der Waals surface area contributed by atoms with Crippen LogP contribution in [0, 0.1) is 12.8 Å². The second-order valence-electron chi connectivity index (χ2n) is 6.79. The van der Waals surface area contributed by atoms with Crippen molar-refractivity contribution in [2.45, 2.75) is 25.9 Å². The normalized spacial score (nSPS) is 20.6. The van der Waals surface area contributed by atoms with Crippen LogP contribution in [0.15, 0.2) is 79.2 Å². The quantitative estimate of drug-likeness (QED) is 0.727. The minimum absolute atomic E-state index is 0. The van der Waals surface area contributed by atoms with Crippen LogP contribution in [0.4, 0.5) is 0 Å². The monoisotopic (exact) mass is 382 g/mol. The minimum atomic E-state index is -0.763. The van der Waals surface area contributed by atoms with E-state index in [0.29, 0.717) is 5.56 Å². The summed E-state index contributed by atoms with van der Waals surface area (Å²) in [5.41, 5.74) is 0.771. The van der Waals surface area contributed by atoms with Crippen LogP contribution < -0.4 is 22.3 Å². The summed E-state index contributed by atoms with van der Waals surface area (Å²) in [4.78, 5) is 25.7. The number of allylic oxidation sites excluding steroid dienone is 2. The smallest absolute Gasteiger partial charge is 0.252 e. The van der Waals surface area contributed by atoms with Crippen molar-refractivity contribution in [2.75, 3.05) is 0 Å². The predicted molar refractivity (Wildman–Crippen MR) is 100 cm³/mol. The lowest BCUT2D eigenvalue weighted by Gasteiger charge is -2.34. The highest BCUT2D eigenvalue weighted by atomic mass is 35.5. The molecule has 0 spiro atoms. The maximum atomic E-state index is 12.9. The molecular formula is C22H23ClN2O2. The van der Waals surface area contributed by atoms with Gasteiger partial charge in [0, 0.05) is 17.7 Å². The van der Waals surface area contributed by atoms with Gasteiger partial charge < -0.3 is 17.7 Å². The van der Waals surface area contributed by atoms with Crippen molar-refractivity contribution >= 4 is 11.7 Å². The number of amides is 1. The molecule has 2 atom stereocenters. The van der Waals surface area contributed by atoms with Crippen molar-refractivity contribution in [1.29, 1.82) is 0 Å². The van der Waals surface area contributed by atoms with Gasteiger partial charge in [0.25, 0.3) is 5.91 Å². The summed E-state index contributed by atoms with van der Waals surface area (Å²) in [5, 5.41) is 3.06. The zero-order valence-corrected chi connectivity index (χ0v) is 16.2. The Morgan fingerprint density at radius 2 is 1.78 bits per heavy atom. The predicted octanol–water partition coefficient (Wildman–Crippen LogP) is -0.213. The number of nitrogens with zero attached hydrogens (tertiary/aromatic N) is 1. The average Bonchev–Trinajstić information content (AvgIpc) is 2.62. The molecule has 4 nitrogen and oxygen atoms in total. The number of Topliss-reactive ketones (excluding diaryl/α,β-unsaturated/α-hetero) is 1. The number of carbonyl (C=O) groups is 2. The Morgan fingerprint density at radius 3 is 2.48 bits per heavy atom. The Morgan fingerprint density at radius 1 is 1.07 bits per heavy atom. The second-order valence-corrected chi connectivity index (χ2v) is 6.79. The average molecular weight is 383 g/mol. The molecule has 0 aliphatic heterocycles. The fourth-order valence-corrected chi connectivity index (χ4v) is 3.25. The first-order valence-corrected chi connectivity index (χ1v) is 8.70. The number of carbonyl (C=O) groups excluding carboxylic acids is 2. The molecule has 1 heterocycles. The van der Waals surface area contributed by atoms with Crippen LogP contribution in [-0.4, -0.2) is 17.2 Å². The molecule has 0 fully saturated rings. The van der Waals surface area contributed by atoms with Crippen molar-refractivity contribution in [3.05, 3.63) is 90.3 Å². The number of nitrogens with one attached hydrogen (secondary N) is 1. The molecule has 27 heavy (non-hydrogen) atoms. The van der Waals surface area contributed by atoms with Crippen molar-refractivity contribution in [3.8, 4) is 0 Å². The van der Waals surface area contributed by atoms with Gasteiger partial charge in [-0.1, -0.05) is 48.6 Å². The van der Waals surface area contributed by atoms with Crippen LogP contribution in [0.5, 0.6) is 0 Å². The van der Waals surface area contributed by atoms with E-state index in [4.69, 9.17) is 0 Å². The third kappa shape index (κ3) is 4.72. The number of benzene rings is 1. The first-order chi connectivity index (χ1) is 12.5. The highest BCUT2D eigenvalue weighted by Crippen LogP contribution is 2.26. The summed E-state index contributed by atoms with van der Waals surface area (Å²) in [7, 11) is 0. The van der Waals surface area contributed by atoms with Crippen LogP contribution in [0.25, 0.3) is 0 Å². The molecule has 0 saturated carbocycles. The van der Waals surface area contributed by atoms with Gasteiger partial charge in [-0.15, -0.1) is 0 Å². The molecule has 0 bridgehead atoms. The van der Waals surface area contributed by atoms with E-state index < -0.39 is 11.5 Å². The summed E-state index contributed by atoms with van der Waals surface area (Å²) in [6.07, 6.45) is 11.2. The SMILES string of the molecule is Cc1ccccc1C(=O)NC1(C)C=CC=CC1C(=O)C[n+]1ccccc1.[Cl-]. The standard InChI is InChI=1S/C22H22N2O2.ClH/c1-17-10-4-5-11-18(17)21(26)23-22(2)13-7-6-12-19(22)20(25)16-24-14-8-3-9-15-24;/h3-15,19H,16H2,1-2H3;1H. The number of aromatic nitrogens is 1. The molecule has 0 radical (unpaired) electrons. The fourth-order valence-electron chi connectivity index (χ4n) is 3.25. The molecule has 3 rings (SSSR count). The number of halogens is 1. The molecule has 1 aromatic carbocycles. The third-order valence-electron chi connectivity index (χ3n) is 4.74. The Labute approximate surface area is 166 Å². The Hall–Kier alpha value is -2.72. The van der Waals surface area contributed by atoms with Crippen LogP contribution >= 0.6 is 0 Å². The van der Waals surface area contributed by atoms with Gasteiger partial charge in [0.15, 0.2) is 12.4 Å². The molecule has 2 aromatic rings. The van der Waals surface area contributed by atoms with Gasteiger partial charge in [-0.3, -0.25) is 9.59 Å². The molecular weight excluding hydrogens is 360 g/mol. The van der Waals surface area contributed by atoms with Crippen molar-refractivity contribution in [2.24, 2.45) is 5.92 Å². The highest BCUT2D eigenvalue weighted by Gasteiger charge is 2.39. The topological polar surface area (TPSA) is 50.1 Å². The van der Waals surface area contributed by atoms with E-state index in [-0.39, 0.29) is 30.6 Å². The lowest BCUT2D eigenvalue weighted by Crippen LogP contribution is -3.00. The molecule has 1 aliphatic rings. The van der Waals surface area contributed by atoms with Crippen LogP contribution in [0.1, 0.15) is 22.8 Å². The van der Waals surface area contributed by atoms with E-state index in [9.17, 15) is 9.59 Å². The number of rotatable bonds is 5. The molecule has 2 unspecified atom stereocenters. The summed E-state index contributed by atoms with van der Waals surface area (Å²) in [6.45, 7) is 4.06. The number of ketones is 1. The number of pyridine rings is 1. The Kier molecular flexibility index (Phi) is 6.70. The molecule has 1 amide bonds. The summed E-state index contributed by atoms with van der Waals surface area (Å²) in [5.74, 6) is -0.543. The Balaban J connectivity index is 0.00000261. The van der Waals surface area contributed by atoms with Gasteiger partial charge in [-0.2, -0.15) is 4.57 Å². The van der Waals surface area contributed by atoms with E-state index in [1.807, 2.05) is 91.5 Å². The summed E-state index contributed by atoms with van der Waals surface area (Å²) < 4.78 is 1.85. The van der Waals surface area contributed by atoms with Gasteiger partial charge in [0.1, 0.15) is 0 Å². The zero-order valence-electron chi connectivity index (χ0n) is 15.4. The van der Waals surface area contributed by atoms with E-state index >= 15 is 0 Å². The van der Waals surface area contributed by atoms with Crippen LogP contribution in [0.3, 0.4) is 0 Å². The molecule has 1 aliphatic carbocycles. The van der Waals surface area contributed by atoms with Gasteiger partial charge in [0.2, 0.25) is 12.3 Å². The van der Waals surface area contributed by atoms with E-state index in [0.717, 1.165) is 5.56 Å². The molecule has 5 heteroatoms. The second kappa shape index (κ2) is 8.78. The van der Waals surface area contributed by atoms with Crippen LogP contribution in [-0.2, 0) is 11.3 Å². The highest BCUT2D eigenvalue weighted by molar-refractivity contribution is 5.97. The first kappa shape index (κ1) is 20.6. The minimum Gasteiger partial charge on any atom is -1.00 e. The maximum absolute atomic E-state index is 12.9. The van der Waals surface area contributed by atoms with Gasteiger partial charge in [-0.05, 0) is 25.5 Å². The summed E-state index contributed by atoms with van der Waals surface area (Å²) >= 11 is 0. The number of hydrogen-bond donors (Lipinski definition) is 1. The van der Waals surface area contributed by atoms with Crippen molar-refractivity contribution in [1.82, 2.24) is 5.32 Å². The summed E-state index contributed by atoms with van der Waals surface area (Å²) in [6, 6.07) is 13.1. The van der Waals surface area contributed by atoms with E-state index in [1.165, 1.54) is 0 Å².